The van der Waals surface area contributed by atoms with Crippen LogP contribution in [0.3, 0.4) is 0 Å². The summed E-state index contributed by atoms with van der Waals surface area (Å²) < 4.78 is 68.1. The first-order valence-electron chi connectivity index (χ1n) is 15.0. The van der Waals surface area contributed by atoms with Gasteiger partial charge in [-0.25, -0.2) is 27.8 Å². The highest BCUT2D eigenvalue weighted by molar-refractivity contribution is 6.58. The van der Waals surface area contributed by atoms with Crippen molar-refractivity contribution in [3.05, 3.63) is 83.7 Å². The van der Waals surface area contributed by atoms with Crippen molar-refractivity contribution in [2.24, 2.45) is 5.84 Å². The van der Waals surface area contributed by atoms with Gasteiger partial charge in [0.25, 0.3) is 0 Å². The van der Waals surface area contributed by atoms with Crippen molar-refractivity contribution in [1.29, 1.82) is 0 Å². The zero-order valence-electron chi connectivity index (χ0n) is 25.0. The van der Waals surface area contributed by atoms with Crippen molar-refractivity contribution in [2.45, 2.75) is 83.7 Å². The Balaban J connectivity index is 0.000000402. The average molecular weight is 625 g/mol. The lowest BCUT2D eigenvalue weighted by Gasteiger charge is -2.19. The van der Waals surface area contributed by atoms with Crippen molar-refractivity contribution in [2.75, 3.05) is 11.6 Å². The summed E-state index contributed by atoms with van der Waals surface area (Å²) in [6.45, 7) is 2.60. The smallest absolute Gasteiger partial charge is 0.491 e. The van der Waals surface area contributed by atoms with Crippen molar-refractivity contribution in [1.82, 2.24) is 0 Å². The molecular weight excluding hydrogens is 582 g/mol. The molecule has 0 aliphatic heterocycles. The molecule has 12 heteroatoms. The van der Waals surface area contributed by atoms with Crippen molar-refractivity contribution >= 4 is 24.0 Å². The van der Waals surface area contributed by atoms with E-state index in [1.165, 1.54) is 57.8 Å². The molecule has 44 heavy (non-hydrogen) atoms. The molecule has 0 fully saturated rings. The van der Waals surface area contributed by atoms with E-state index in [1.807, 2.05) is 54.6 Å². The minimum absolute atomic E-state index is 0.335. The van der Waals surface area contributed by atoms with E-state index in [0.29, 0.717) is 6.61 Å². The van der Waals surface area contributed by atoms with Crippen LogP contribution in [0.25, 0.3) is 0 Å². The van der Waals surface area contributed by atoms with Gasteiger partial charge in [0.2, 0.25) is 0 Å². The molecule has 6 nitrogen and oxygen atoms in total. The number of hydrogen-bond donors (Lipinski definition) is 4. The Morgan fingerprint density at radius 2 is 1.14 bits per heavy atom. The Morgan fingerprint density at radius 1 is 0.682 bits per heavy atom. The van der Waals surface area contributed by atoms with Crippen molar-refractivity contribution in [3.63, 3.8) is 0 Å². The molecule has 0 aliphatic carbocycles. The van der Waals surface area contributed by atoms with Gasteiger partial charge < -0.3 is 19.9 Å². The van der Waals surface area contributed by atoms with E-state index in [-0.39, 0.29) is 0 Å². The zero-order chi connectivity index (χ0) is 32.5. The monoisotopic (exact) mass is 624 g/mol. The summed E-state index contributed by atoms with van der Waals surface area (Å²) in [4.78, 5) is 0. The summed E-state index contributed by atoms with van der Waals surface area (Å²) in [7, 11) is -2.76. The maximum Gasteiger partial charge on any atom is 0.494 e. The molecule has 0 bridgehead atoms. The number of halogens is 5. The van der Waals surface area contributed by atoms with Crippen molar-refractivity contribution in [3.8, 4) is 5.75 Å². The number of nitrogens with zero attached hydrogens (tertiary/aromatic N) is 1. The maximum atomic E-state index is 12.6. The van der Waals surface area contributed by atoms with Crippen molar-refractivity contribution < 1.29 is 41.8 Å². The predicted octanol–water partition coefficient (Wildman–Crippen LogP) is 6.81. The molecule has 0 amide bonds. The van der Waals surface area contributed by atoms with E-state index in [2.05, 4.69) is 6.92 Å². The largest absolute Gasteiger partial charge is 0.494 e. The molecule has 242 valence electrons. The molecule has 0 aliphatic rings. The normalized spacial score (nSPS) is 11.5. The number of para-hydroxylation sites is 1. The summed E-state index contributed by atoms with van der Waals surface area (Å²) in [6, 6.07) is 17.5. The second-order valence-corrected chi connectivity index (χ2v) is 10.5. The molecule has 3 rings (SSSR count). The molecule has 0 spiro atoms. The van der Waals surface area contributed by atoms with Crippen LogP contribution in [0.5, 0.6) is 5.75 Å². The molecule has 1 atom stereocenters. The number of hydrazine groups is 1. The second kappa shape index (κ2) is 20.0. The summed E-state index contributed by atoms with van der Waals surface area (Å²) in [5.74, 6) is -4.36. The van der Waals surface area contributed by atoms with E-state index in [0.717, 1.165) is 30.0 Å². The molecule has 5 N–H and O–H groups in total. The Hall–Kier alpha value is -3.19. The highest BCUT2D eigenvalue weighted by Gasteiger charge is 2.31. The molecule has 0 radical (unpaired) electrons. The SMILES string of the molecule is CCCCCCCCCCCCC(O)COc1ccc(N(N)c2ccccc2)cc1.OB(O)c1c(F)c(F)c(F)c(F)c1F. The standard InChI is InChI=1S/C26H40N2O2.C6H2BF5O2/c1-2-3-4-5-6-7-8-9-10-14-17-25(29)22-30-26-20-18-24(19-21-26)28(27)23-15-12-11-13-16-23;8-2-1(7(13)14)3(9)5(11)6(12)4(2)10/h11-13,15-16,18-21,25,29H,2-10,14,17,22,27H2,1H3;13-14H. The van der Waals surface area contributed by atoms with Gasteiger partial charge in [-0.3, -0.25) is 5.01 Å². The number of aliphatic hydroxyl groups excluding tert-OH is 1. The highest BCUT2D eigenvalue weighted by Crippen LogP contribution is 2.24. The lowest BCUT2D eigenvalue weighted by molar-refractivity contribution is 0.0975. The number of rotatable bonds is 17. The number of hydrogen-bond acceptors (Lipinski definition) is 6. The Labute approximate surface area is 256 Å². The third-order valence-electron chi connectivity index (χ3n) is 6.98. The number of ether oxygens (including phenoxy) is 1. The van der Waals surface area contributed by atoms with E-state index in [4.69, 9.17) is 20.6 Å². The van der Waals surface area contributed by atoms with Crippen LogP contribution in [0, 0.1) is 29.1 Å². The van der Waals surface area contributed by atoms with Gasteiger partial charge in [0.05, 0.1) is 22.9 Å². The fourth-order valence-corrected chi connectivity index (χ4v) is 4.43. The lowest BCUT2D eigenvalue weighted by Crippen LogP contribution is -2.38. The molecular formula is C32H42BF5N2O4. The maximum absolute atomic E-state index is 12.6. The summed E-state index contributed by atoms with van der Waals surface area (Å²) in [5.41, 5.74) is 0.152. The predicted molar refractivity (Wildman–Crippen MR) is 163 cm³/mol. The fourth-order valence-electron chi connectivity index (χ4n) is 4.43. The molecule has 0 saturated heterocycles. The number of benzene rings is 3. The van der Waals surface area contributed by atoms with Gasteiger partial charge in [0, 0.05) is 0 Å². The highest BCUT2D eigenvalue weighted by atomic mass is 19.2. The summed E-state index contributed by atoms with van der Waals surface area (Å²) in [5, 5.41) is 28.5. The molecule has 0 saturated carbocycles. The van der Waals surface area contributed by atoms with Gasteiger partial charge in [-0.15, -0.1) is 0 Å². The average Bonchev–Trinajstić information content (AvgIpc) is 3.03. The number of nitrogens with two attached hydrogens (primary N) is 1. The van der Waals surface area contributed by atoms with Gasteiger partial charge in [0.1, 0.15) is 12.4 Å². The number of anilines is 2. The first-order valence-corrected chi connectivity index (χ1v) is 15.0. The Morgan fingerprint density at radius 3 is 1.64 bits per heavy atom. The van der Waals surface area contributed by atoms with Crippen LogP contribution >= 0.6 is 0 Å². The fraction of sp³-hybridized carbons (Fsp3) is 0.438. The molecule has 1 unspecified atom stereocenters. The Bertz CT molecular complexity index is 1210. The lowest BCUT2D eigenvalue weighted by atomic mass is 9.79. The van der Waals surface area contributed by atoms with E-state index < -0.39 is 47.8 Å². The topological polar surface area (TPSA) is 99.2 Å². The van der Waals surface area contributed by atoms with Crippen LogP contribution in [-0.4, -0.2) is 35.0 Å². The first-order chi connectivity index (χ1) is 21.1. The molecule has 0 heterocycles. The summed E-state index contributed by atoms with van der Waals surface area (Å²) in [6.07, 6.45) is 13.5. The Kier molecular flexibility index (Phi) is 16.8. The van der Waals surface area contributed by atoms with E-state index in [1.54, 1.807) is 5.01 Å². The van der Waals surface area contributed by atoms with Gasteiger partial charge in [-0.1, -0.05) is 89.3 Å². The van der Waals surface area contributed by atoms with Crippen LogP contribution in [0.1, 0.15) is 77.6 Å². The zero-order valence-corrected chi connectivity index (χ0v) is 25.0. The van der Waals surface area contributed by atoms with E-state index >= 15 is 0 Å². The minimum Gasteiger partial charge on any atom is -0.491 e. The quantitative estimate of drug-likeness (QED) is 0.0251. The van der Waals surface area contributed by atoms with Crippen LogP contribution in [-0.2, 0) is 0 Å². The molecule has 3 aromatic rings. The third kappa shape index (κ3) is 12.1. The van der Waals surface area contributed by atoms with Crippen LogP contribution in [0.4, 0.5) is 33.3 Å². The molecule has 0 aromatic heterocycles. The van der Waals surface area contributed by atoms with Gasteiger partial charge >= 0.3 is 7.12 Å². The number of aliphatic hydroxyl groups is 1. The van der Waals surface area contributed by atoms with Crippen LogP contribution in [0.2, 0.25) is 0 Å². The third-order valence-corrected chi connectivity index (χ3v) is 6.98. The molecule has 3 aromatic carbocycles. The summed E-state index contributed by atoms with van der Waals surface area (Å²) >= 11 is 0. The number of unbranched alkanes of at least 4 members (excludes halogenated alkanes) is 9. The van der Waals surface area contributed by atoms with Crippen LogP contribution in [0.15, 0.2) is 54.6 Å². The van der Waals surface area contributed by atoms with E-state index in [9.17, 15) is 27.1 Å². The first kappa shape index (κ1) is 37.0. The van der Waals surface area contributed by atoms with Gasteiger partial charge in [-0.05, 0) is 42.8 Å². The van der Waals surface area contributed by atoms with Crippen LogP contribution < -0.4 is 21.1 Å². The van der Waals surface area contributed by atoms with Gasteiger partial charge in [-0.2, -0.15) is 0 Å². The minimum atomic E-state index is -2.76. The second-order valence-electron chi connectivity index (χ2n) is 10.5. The van der Waals surface area contributed by atoms with Gasteiger partial charge in [0.15, 0.2) is 29.1 Å².